The summed E-state index contributed by atoms with van der Waals surface area (Å²) in [7, 11) is 1.89. The summed E-state index contributed by atoms with van der Waals surface area (Å²) >= 11 is 0. The first-order valence-corrected chi connectivity index (χ1v) is 7.88. The molecule has 0 fully saturated rings. The van der Waals surface area contributed by atoms with Gasteiger partial charge in [-0.15, -0.1) is 0 Å². The van der Waals surface area contributed by atoms with Gasteiger partial charge in [0.2, 0.25) is 5.91 Å². The second-order valence-electron chi connectivity index (χ2n) is 5.61. The summed E-state index contributed by atoms with van der Waals surface area (Å²) in [6.07, 6.45) is 3.59. The Morgan fingerprint density at radius 3 is 2.87 bits per heavy atom. The van der Waals surface area contributed by atoms with Gasteiger partial charge < -0.3 is 10.3 Å². The third-order valence-electron chi connectivity index (χ3n) is 3.99. The molecule has 0 aliphatic rings. The molecule has 3 rings (SSSR count). The minimum absolute atomic E-state index is 0.00864. The molecular formula is C17H21N5O. The molecule has 0 aliphatic heterocycles. The number of carbonyl (C=O) groups excluding carboxylic acids is 1. The first-order valence-electron chi connectivity index (χ1n) is 7.88. The molecule has 6 heteroatoms. The molecule has 6 nitrogen and oxygen atoms in total. The summed E-state index contributed by atoms with van der Waals surface area (Å²) in [5, 5.41) is 7.23. The van der Waals surface area contributed by atoms with E-state index in [1.54, 1.807) is 10.9 Å². The number of H-pyrrole nitrogens is 1. The van der Waals surface area contributed by atoms with E-state index in [4.69, 9.17) is 0 Å². The molecule has 2 aromatic heterocycles. The van der Waals surface area contributed by atoms with Crippen LogP contribution in [0.25, 0.3) is 11.0 Å². The molecule has 0 saturated heterocycles. The van der Waals surface area contributed by atoms with Gasteiger partial charge in [0.15, 0.2) is 0 Å². The van der Waals surface area contributed by atoms with Crippen molar-refractivity contribution in [2.24, 2.45) is 7.05 Å². The number of nitrogens with zero attached hydrogens (tertiary/aromatic N) is 3. The predicted molar refractivity (Wildman–Crippen MR) is 88.8 cm³/mol. The minimum Gasteiger partial charge on any atom is -0.348 e. The number of imidazole rings is 1. The van der Waals surface area contributed by atoms with Crippen molar-refractivity contribution in [2.45, 2.75) is 32.2 Å². The molecule has 2 N–H and O–H groups in total. The lowest BCUT2D eigenvalue weighted by Gasteiger charge is -2.17. The highest BCUT2D eigenvalue weighted by atomic mass is 16.1. The Morgan fingerprint density at radius 1 is 1.35 bits per heavy atom. The number of hydrogen-bond acceptors (Lipinski definition) is 3. The number of aromatic amines is 1. The van der Waals surface area contributed by atoms with E-state index in [9.17, 15) is 4.79 Å². The van der Waals surface area contributed by atoms with Crippen LogP contribution >= 0.6 is 0 Å². The molecule has 0 radical (unpaired) electrons. The fourth-order valence-electron chi connectivity index (χ4n) is 2.73. The van der Waals surface area contributed by atoms with Gasteiger partial charge in [-0.05, 0) is 24.6 Å². The van der Waals surface area contributed by atoms with Crippen LogP contribution in [0.1, 0.15) is 37.3 Å². The van der Waals surface area contributed by atoms with Crippen LogP contribution in [0.15, 0.2) is 36.5 Å². The standard InChI is InChI=1S/C17H21N5O/c1-3-12(15-10-11-18-22(15)2)21-17(23)9-8-16-19-13-6-4-5-7-14(13)20-16/h4-7,10-12H,3,8-9H2,1-2H3,(H,19,20)(H,21,23). The lowest BCUT2D eigenvalue weighted by molar-refractivity contribution is -0.121. The Morgan fingerprint density at radius 2 is 2.17 bits per heavy atom. The van der Waals surface area contributed by atoms with E-state index in [1.165, 1.54) is 0 Å². The molecular weight excluding hydrogens is 290 g/mol. The predicted octanol–water partition coefficient (Wildman–Crippen LogP) is 2.50. The number of amides is 1. The number of benzene rings is 1. The molecule has 1 aromatic carbocycles. The molecule has 1 atom stereocenters. The third kappa shape index (κ3) is 3.41. The highest BCUT2D eigenvalue weighted by Gasteiger charge is 2.16. The Balaban J connectivity index is 1.59. The highest BCUT2D eigenvalue weighted by molar-refractivity contribution is 5.77. The van der Waals surface area contributed by atoms with E-state index in [1.807, 2.05) is 37.4 Å². The van der Waals surface area contributed by atoms with Crippen LogP contribution < -0.4 is 5.32 Å². The number of aryl methyl sites for hydroxylation is 2. The molecule has 3 aromatic rings. The van der Waals surface area contributed by atoms with Crippen molar-refractivity contribution in [1.82, 2.24) is 25.1 Å². The summed E-state index contributed by atoms with van der Waals surface area (Å²) in [5.74, 6) is 0.869. The van der Waals surface area contributed by atoms with Crippen LogP contribution in [-0.4, -0.2) is 25.7 Å². The molecule has 0 spiro atoms. The van der Waals surface area contributed by atoms with Crippen molar-refractivity contribution in [2.75, 3.05) is 0 Å². The molecule has 0 saturated carbocycles. The van der Waals surface area contributed by atoms with Crippen LogP contribution in [0, 0.1) is 0 Å². The maximum Gasteiger partial charge on any atom is 0.220 e. The lowest BCUT2D eigenvalue weighted by atomic mass is 10.1. The second kappa shape index (κ2) is 6.64. The third-order valence-corrected chi connectivity index (χ3v) is 3.99. The van der Waals surface area contributed by atoms with Gasteiger partial charge in [0.05, 0.1) is 22.8 Å². The summed E-state index contributed by atoms with van der Waals surface area (Å²) in [5.41, 5.74) is 2.96. The number of rotatable bonds is 6. The number of fused-ring (bicyclic) bond motifs is 1. The quantitative estimate of drug-likeness (QED) is 0.734. The van der Waals surface area contributed by atoms with Gasteiger partial charge in [0, 0.05) is 26.1 Å². The normalized spacial score (nSPS) is 12.4. The zero-order valence-corrected chi connectivity index (χ0v) is 13.4. The van der Waals surface area contributed by atoms with Crippen LogP contribution in [0.5, 0.6) is 0 Å². The Hall–Kier alpha value is -2.63. The zero-order chi connectivity index (χ0) is 16.2. The summed E-state index contributed by atoms with van der Waals surface area (Å²) in [6.45, 7) is 2.05. The maximum absolute atomic E-state index is 12.2. The fourth-order valence-corrected chi connectivity index (χ4v) is 2.73. The first-order chi connectivity index (χ1) is 11.2. The summed E-state index contributed by atoms with van der Waals surface area (Å²) in [4.78, 5) is 20.0. The largest absolute Gasteiger partial charge is 0.348 e. The smallest absolute Gasteiger partial charge is 0.220 e. The molecule has 1 unspecified atom stereocenters. The highest BCUT2D eigenvalue weighted by Crippen LogP contribution is 2.16. The van der Waals surface area contributed by atoms with Crippen molar-refractivity contribution in [1.29, 1.82) is 0 Å². The summed E-state index contributed by atoms with van der Waals surface area (Å²) < 4.78 is 1.80. The molecule has 0 bridgehead atoms. The molecule has 1 amide bonds. The van der Waals surface area contributed by atoms with Gasteiger partial charge >= 0.3 is 0 Å². The van der Waals surface area contributed by atoms with Crippen LogP contribution in [0.3, 0.4) is 0 Å². The molecule has 2 heterocycles. The Labute approximate surface area is 134 Å². The van der Waals surface area contributed by atoms with Gasteiger partial charge in [-0.25, -0.2) is 4.98 Å². The fraction of sp³-hybridized carbons (Fsp3) is 0.353. The van der Waals surface area contributed by atoms with Gasteiger partial charge in [-0.3, -0.25) is 9.48 Å². The van der Waals surface area contributed by atoms with Gasteiger partial charge in [0.1, 0.15) is 5.82 Å². The van der Waals surface area contributed by atoms with Crippen molar-refractivity contribution in [3.63, 3.8) is 0 Å². The average Bonchev–Trinajstić information content (AvgIpc) is 3.16. The monoisotopic (exact) mass is 311 g/mol. The SMILES string of the molecule is CCC(NC(=O)CCc1nc2ccccc2[nH]1)c1ccnn1C. The molecule has 23 heavy (non-hydrogen) atoms. The average molecular weight is 311 g/mol. The minimum atomic E-state index is -0.00864. The van der Waals surface area contributed by atoms with Crippen molar-refractivity contribution < 1.29 is 4.79 Å². The van der Waals surface area contributed by atoms with E-state index < -0.39 is 0 Å². The lowest BCUT2D eigenvalue weighted by Crippen LogP contribution is -2.29. The topological polar surface area (TPSA) is 75.6 Å². The van der Waals surface area contributed by atoms with E-state index in [0.29, 0.717) is 12.8 Å². The molecule has 0 aliphatic carbocycles. The Kier molecular flexibility index (Phi) is 4.41. The van der Waals surface area contributed by atoms with E-state index >= 15 is 0 Å². The van der Waals surface area contributed by atoms with Crippen molar-refractivity contribution >= 4 is 16.9 Å². The van der Waals surface area contributed by atoms with E-state index in [2.05, 4.69) is 27.3 Å². The number of aromatic nitrogens is 4. The van der Waals surface area contributed by atoms with Gasteiger partial charge in [-0.1, -0.05) is 19.1 Å². The van der Waals surface area contributed by atoms with Crippen molar-refractivity contribution in [3.05, 3.63) is 48.0 Å². The maximum atomic E-state index is 12.2. The number of hydrogen-bond donors (Lipinski definition) is 2. The zero-order valence-electron chi connectivity index (χ0n) is 13.4. The summed E-state index contributed by atoms with van der Waals surface area (Å²) in [6, 6.07) is 9.81. The number of para-hydroxylation sites is 2. The van der Waals surface area contributed by atoms with Gasteiger partial charge in [-0.2, -0.15) is 5.10 Å². The first kappa shape index (κ1) is 15.3. The Bertz CT molecular complexity index is 771. The van der Waals surface area contributed by atoms with Crippen molar-refractivity contribution in [3.8, 4) is 0 Å². The number of nitrogens with one attached hydrogen (secondary N) is 2. The molecule has 120 valence electrons. The van der Waals surface area contributed by atoms with Crippen LogP contribution in [0.2, 0.25) is 0 Å². The van der Waals surface area contributed by atoms with Gasteiger partial charge in [0.25, 0.3) is 0 Å². The second-order valence-corrected chi connectivity index (χ2v) is 5.61. The number of carbonyl (C=O) groups is 1. The van der Waals surface area contributed by atoms with E-state index in [-0.39, 0.29) is 11.9 Å². The van der Waals surface area contributed by atoms with E-state index in [0.717, 1.165) is 29.0 Å². The van der Waals surface area contributed by atoms with Crippen LogP contribution in [-0.2, 0) is 18.3 Å². The van der Waals surface area contributed by atoms with Crippen LogP contribution in [0.4, 0.5) is 0 Å².